The summed E-state index contributed by atoms with van der Waals surface area (Å²) in [4.78, 5) is 11.6. The third-order valence-electron chi connectivity index (χ3n) is 2.86. The second-order valence-corrected chi connectivity index (χ2v) is 6.10. The Hall–Kier alpha value is -0.620. The average molecular weight is 465 g/mol. The topological polar surface area (TPSA) is 43.8 Å². The van der Waals surface area contributed by atoms with Crippen LogP contribution in [0.5, 0.6) is 0 Å². The minimum absolute atomic E-state index is 0. The molecular formula is C13H23F3IN5S. The number of aromatic nitrogens is 1. The van der Waals surface area contributed by atoms with E-state index in [4.69, 9.17) is 0 Å². The van der Waals surface area contributed by atoms with Crippen molar-refractivity contribution in [3.8, 4) is 0 Å². The number of aliphatic imine (C=N–C) groups is 1. The van der Waals surface area contributed by atoms with Crippen molar-refractivity contribution in [1.82, 2.24) is 20.1 Å². The Morgan fingerprint density at radius 1 is 1.39 bits per heavy atom. The van der Waals surface area contributed by atoms with E-state index in [-0.39, 0.29) is 30.5 Å². The summed E-state index contributed by atoms with van der Waals surface area (Å²) < 4.78 is 36.7. The van der Waals surface area contributed by atoms with Crippen molar-refractivity contribution in [1.29, 1.82) is 0 Å². The quantitative estimate of drug-likeness (QED) is 0.399. The van der Waals surface area contributed by atoms with Crippen LogP contribution in [0.25, 0.3) is 0 Å². The zero-order chi connectivity index (χ0) is 16.8. The Morgan fingerprint density at radius 3 is 2.52 bits per heavy atom. The molecule has 0 aliphatic heterocycles. The van der Waals surface area contributed by atoms with Crippen LogP contribution < -0.4 is 5.32 Å². The standard InChI is InChI=1S/C13H22F3N5S.HI/c1-10-19-11(8-22-10)7-21(4)12(17-2)18-5-6-20(3)9-13(14,15)16;/h8H,5-7,9H2,1-4H3,(H,17,18);1H. The fourth-order valence-electron chi connectivity index (χ4n) is 1.93. The van der Waals surface area contributed by atoms with E-state index in [1.54, 1.807) is 18.4 Å². The smallest absolute Gasteiger partial charge is 0.355 e. The molecule has 5 nitrogen and oxygen atoms in total. The zero-order valence-electron chi connectivity index (χ0n) is 13.6. The molecule has 1 rings (SSSR count). The van der Waals surface area contributed by atoms with Gasteiger partial charge in [0.1, 0.15) is 0 Å². The molecule has 0 unspecified atom stereocenters. The monoisotopic (exact) mass is 465 g/mol. The van der Waals surface area contributed by atoms with Gasteiger partial charge in [-0.05, 0) is 14.0 Å². The van der Waals surface area contributed by atoms with E-state index < -0.39 is 12.7 Å². The van der Waals surface area contributed by atoms with Gasteiger partial charge in [0.2, 0.25) is 0 Å². The molecule has 0 saturated carbocycles. The predicted molar refractivity (Wildman–Crippen MR) is 98.6 cm³/mol. The Bertz CT molecular complexity index is 492. The molecule has 0 aromatic carbocycles. The maximum Gasteiger partial charge on any atom is 0.401 e. The Labute approximate surface area is 156 Å². The largest absolute Gasteiger partial charge is 0.401 e. The lowest BCUT2D eigenvalue weighted by atomic mass is 10.4. The van der Waals surface area contributed by atoms with Gasteiger partial charge in [0.25, 0.3) is 0 Å². The van der Waals surface area contributed by atoms with Crippen molar-refractivity contribution < 1.29 is 13.2 Å². The lowest BCUT2D eigenvalue weighted by Gasteiger charge is -2.23. The number of hydrogen-bond acceptors (Lipinski definition) is 4. The van der Waals surface area contributed by atoms with E-state index in [2.05, 4.69) is 15.3 Å². The first-order valence-electron chi connectivity index (χ1n) is 6.79. The highest BCUT2D eigenvalue weighted by Crippen LogP contribution is 2.15. The van der Waals surface area contributed by atoms with Gasteiger partial charge in [-0.2, -0.15) is 13.2 Å². The van der Waals surface area contributed by atoms with Gasteiger partial charge < -0.3 is 10.2 Å². The van der Waals surface area contributed by atoms with Gasteiger partial charge in [-0.25, -0.2) is 4.98 Å². The van der Waals surface area contributed by atoms with Crippen LogP contribution in [-0.4, -0.2) is 67.7 Å². The minimum Gasteiger partial charge on any atom is -0.355 e. The van der Waals surface area contributed by atoms with Gasteiger partial charge in [-0.15, -0.1) is 35.3 Å². The summed E-state index contributed by atoms with van der Waals surface area (Å²) in [5.74, 6) is 0.631. The lowest BCUT2D eigenvalue weighted by Crippen LogP contribution is -2.43. The van der Waals surface area contributed by atoms with Crippen LogP contribution in [0.2, 0.25) is 0 Å². The summed E-state index contributed by atoms with van der Waals surface area (Å²) in [5, 5.41) is 6.04. The van der Waals surface area contributed by atoms with Crippen LogP contribution in [-0.2, 0) is 6.54 Å². The maximum absolute atomic E-state index is 12.2. The summed E-state index contributed by atoms with van der Waals surface area (Å²) in [6, 6.07) is 0. The van der Waals surface area contributed by atoms with Gasteiger partial charge in [-0.3, -0.25) is 9.89 Å². The molecule has 0 bridgehead atoms. The van der Waals surface area contributed by atoms with Gasteiger partial charge in [-0.1, -0.05) is 0 Å². The summed E-state index contributed by atoms with van der Waals surface area (Å²) in [6.07, 6.45) is -4.17. The first-order valence-corrected chi connectivity index (χ1v) is 7.67. The maximum atomic E-state index is 12.2. The predicted octanol–water partition coefficient (Wildman–Crippen LogP) is 2.57. The number of hydrogen-bond donors (Lipinski definition) is 1. The van der Waals surface area contributed by atoms with Gasteiger partial charge in [0.05, 0.1) is 23.8 Å². The van der Waals surface area contributed by atoms with Gasteiger partial charge in [0, 0.05) is 32.6 Å². The van der Waals surface area contributed by atoms with Crippen LogP contribution >= 0.6 is 35.3 Å². The normalized spacial score (nSPS) is 12.3. The average Bonchev–Trinajstić information content (AvgIpc) is 2.77. The molecule has 23 heavy (non-hydrogen) atoms. The van der Waals surface area contributed by atoms with Crippen molar-refractivity contribution in [2.75, 3.05) is 40.8 Å². The van der Waals surface area contributed by atoms with Gasteiger partial charge in [0.15, 0.2) is 5.96 Å². The van der Waals surface area contributed by atoms with E-state index >= 15 is 0 Å². The number of nitrogens with one attached hydrogen (secondary N) is 1. The third kappa shape index (κ3) is 9.30. The van der Waals surface area contributed by atoms with E-state index in [0.717, 1.165) is 10.7 Å². The molecule has 0 aliphatic rings. The second kappa shape index (κ2) is 10.3. The fourth-order valence-corrected chi connectivity index (χ4v) is 2.53. The molecule has 1 aromatic heterocycles. The van der Waals surface area contributed by atoms with Crippen LogP contribution in [0.3, 0.4) is 0 Å². The lowest BCUT2D eigenvalue weighted by molar-refractivity contribution is -0.142. The summed E-state index contributed by atoms with van der Waals surface area (Å²) in [7, 11) is 4.95. The number of guanidine groups is 1. The number of thiazole rings is 1. The third-order valence-corrected chi connectivity index (χ3v) is 3.69. The number of alkyl halides is 3. The van der Waals surface area contributed by atoms with Crippen LogP contribution in [0.1, 0.15) is 10.7 Å². The summed E-state index contributed by atoms with van der Waals surface area (Å²) >= 11 is 1.58. The summed E-state index contributed by atoms with van der Waals surface area (Å²) in [6.45, 7) is 2.29. The number of halogens is 4. The van der Waals surface area contributed by atoms with Crippen molar-refractivity contribution in [3.05, 3.63) is 16.1 Å². The van der Waals surface area contributed by atoms with Crippen molar-refractivity contribution in [2.24, 2.45) is 4.99 Å². The van der Waals surface area contributed by atoms with Crippen LogP contribution in [0.15, 0.2) is 10.4 Å². The molecule has 0 spiro atoms. The Balaban J connectivity index is 0.00000484. The fraction of sp³-hybridized carbons (Fsp3) is 0.692. The molecule has 0 fully saturated rings. The van der Waals surface area contributed by atoms with Crippen LogP contribution in [0, 0.1) is 6.92 Å². The SMILES string of the molecule is CN=C(NCCN(C)CC(F)(F)F)N(C)Cc1csc(C)n1.I. The number of rotatable bonds is 6. The molecule has 0 atom stereocenters. The molecule has 0 aliphatic carbocycles. The number of likely N-dealkylation sites (N-methyl/N-ethyl adjacent to an activating group) is 1. The molecule has 0 amide bonds. The molecule has 1 N–H and O–H groups in total. The van der Waals surface area contributed by atoms with Crippen molar-refractivity contribution in [3.63, 3.8) is 0 Å². The van der Waals surface area contributed by atoms with Crippen molar-refractivity contribution in [2.45, 2.75) is 19.6 Å². The summed E-state index contributed by atoms with van der Waals surface area (Å²) in [5.41, 5.74) is 0.946. The van der Waals surface area contributed by atoms with E-state index in [9.17, 15) is 13.2 Å². The molecule has 1 aromatic rings. The molecular weight excluding hydrogens is 442 g/mol. The molecule has 10 heteroatoms. The van der Waals surface area contributed by atoms with Gasteiger partial charge >= 0.3 is 6.18 Å². The molecule has 134 valence electrons. The second-order valence-electron chi connectivity index (χ2n) is 5.04. The first-order chi connectivity index (χ1) is 10.2. The van der Waals surface area contributed by atoms with Crippen molar-refractivity contribution >= 4 is 41.3 Å². The molecule has 0 saturated heterocycles. The molecule has 0 radical (unpaired) electrons. The van der Waals surface area contributed by atoms with E-state index in [1.807, 2.05) is 24.3 Å². The Morgan fingerprint density at radius 2 is 2.04 bits per heavy atom. The first kappa shape index (κ1) is 22.4. The Kier molecular flexibility index (Phi) is 10.0. The van der Waals surface area contributed by atoms with E-state index in [0.29, 0.717) is 19.0 Å². The molecule has 1 heterocycles. The zero-order valence-corrected chi connectivity index (χ0v) is 16.8. The number of aryl methyl sites for hydroxylation is 1. The highest BCUT2D eigenvalue weighted by molar-refractivity contribution is 14.0. The highest BCUT2D eigenvalue weighted by Gasteiger charge is 2.28. The number of nitrogens with zero attached hydrogens (tertiary/aromatic N) is 4. The van der Waals surface area contributed by atoms with E-state index in [1.165, 1.54) is 11.9 Å². The minimum atomic E-state index is -4.17. The van der Waals surface area contributed by atoms with Crippen LogP contribution in [0.4, 0.5) is 13.2 Å². The highest BCUT2D eigenvalue weighted by atomic mass is 127.